The van der Waals surface area contributed by atoms with E-state index in [0.717, 1.165) is 5.56 Å². The van der Waals surface area contributed by atoms with Gasteiger partial charge in [0, 0.05) is 19.4 Å². The molecule has 0 aromatic heterocycles. The average Bonchev–Trinajstić information content (AvgIpc) is 3.43. The van der Waals surface area contributed by atoms with Crippen LogP contribution in [0.3, 0.4) is 0 Å². The third kappa shape index (κ3) is 9.96. The molecule has 13 heteroatoms. The van der Waals surface area contributed by atoms with Crippen LogP contribution in [0.2, 0.25) is 0 Å². The predicted molar refractivity (Wildman–Crippen MR) is 165 cm³/mol. The van der Waals surface area contributed by atoms with Gasteiger partial charge in [0.1, 0.15) is 12.6 Å². The maximum Gasteiger partial charge on any atom is 0.521 e. The molecular weight excluding hydrogens is 603 g/mol. The van der Waals surface area contributed by atoms with Crippen molar-refractivity contribution in [3.05, 3.63) is 71.8 Å². The number of carboxylic acid groups (broad SMARTS) is 1. The Morgan fingerprint density at radius 1 is 1.00 bits per heavy atom. The second kappa shape index (κ2) is 17.2. The molecule has 3 amide bonds. The number of carbonyl (C=O) groups excluding carboxylic acids is 3. The summed E-state index contributed by atoms with van der Waals surface area (Å²) in [5.41, 5.74) is 1.01. The summed E-state index contributed by atoms with van der Waals surface area (Å²) in [6.45, 7) is 3.85. The summed E-state index contributed by atoms with van der Waals surface area (Å²) in [6, 6.07) is 16.6. The number of likely N-dealkylation sites (tertiary alicyclic amines) is 1. The molecular formula is C32H44N2O10P+. The monoisotopic (exact) mass is 647 g/mol. The zero-order valence-electron chi connectivity index (χ0n) is 25.8. The van der Waals surface area contributed by atoms with Crippen LogP contribution in [0.1, 0.15) is 81.1 Å². The summed E-state index contributed by atoms with van der Waals surface area (Å²) in [5.74, 6) is -3.21. The second-order valence-corrected chi connectivity index (χ2v) is 13.1. The molecule has 1 fully saturated rings. The summed E-state index contributed by atoms with van der Waals surface area (Å²) < 4.78 is 29.1. The highest BCUT2D eigenvalue weighted by atomic mass is 31.2. The number of esters is 1. The van der Waals surface area contributed by atoms with Gasteiger partial charge in [-0.3, -0.25) is 9.09 Å². The molecule has 3 N–H and O–H groups in total. The molecule has 3 unspecified atom stereocenters. The van der Waals surface area contributed by atoms with E-state index >= 15 is 0 Å². The van der Waals surface area contributed by atoms with Crippen LogP contribution in [0.5, 0.6) is 0 Å². The summed E-state index contributed by atoms with van der Waals surface area (Å²) in [6.07, 6.45) is -0.948. The Hall–Kier alpha value is -3.57. The Labute approximate surface area is 263 Å². The van der Waals surface area contributed by atoms with E-state index < -0.39 is 54.1 Å². The molecule has 0 bridgehead atoms. The van der Waals surface area contributed by atoms with Gasteiger partial charge in [-0.25, -0.2) is 14.4 Å². The van der Waals surface area contributed by atoms with E-state index in [9.17, 15) is 33.7 Å². The van der Waals surface area contributed by atoms with Crippen molar-refractivity contribution in [1.82, 2.24) is 5.32 Å². The van der Waals surface area contributed by atoms with Crippen LogP contribution >= 0.6 is 7.60 Å². The van der Waals surface area contributed by atoms with Gasteiger partial charge >= 0.3 is 31.7 Å². The lowest BCUT2D eigenvalue weighted by Gasteiger charge is -2.34. The molecule has 0 spiro atoms. The third-order valence-corrected chi connectivity index (χ3v) is 9.62. The van der Waals surface area contributed by atoms with E-state index in [1.807, 2.05) is 37.3 Å². The van der Waals surface area contributed by atoms with Crippen molar-refractivity contribution in [3.8, 4) is 0 Å². The molecule has 0 aliphatic carbocycles. The minimum Gasteiger partial charge on any atom is -0.446 e. The number of alkyl carbamates (subject to hydrolysis) is 1. The summed E-state index contributed by atoms with van der Waals surface area (Å²) in [7, 11) is -4.80. The first-order valence-electron chi connectivity index (χ1n) is 15.4. The van der Waals surface area contributed by atoms with E-state index in [1.165, 1.54) is 12.1 Å². The molecule has 1 saturated heterocycles. The third-order valence-electron chi connectivity index (χ3n) is 7.97. The second-order valence-electron chi connectivity index (χ2n) is 11.2. The van der Waals surface area contributed by atoms with Gasteiger partial charge in [0.2, 0.25) is 5.85 Å². The molecule has 45 heavy (non-hydrogen) atoms. The van der Waals surface area contributed by atoms with Gasteiger partial charge in [0.15, 0.2) is 6.10 Å². The number of nitrogens with one attached hydrogen (secondary N) is 1. The van der Waals surface area contributed by atoms with Gasteiger partial charge in [-0.2, -0.15) is 9.28 Å². The number of hydrogen-bond acceptors (Lipinski definition) is 8. The number of benzene rings is 2. The van der Waals surface area contributed by atoms with Crippen LogP contribution in [0.15, 0.2) is 60.7 Å². The highest BCUT2D eigenvalue weighted by Gasteiger charge is 2.56. The minimum absolute atomic E-state index is 0.00804. The maximum atomic E-state index is 13.9. The summed E-state index contributed by atoms with van der Waals surface area (Å²) in [4.78, 5) is 62.4. The van der Waals surface area contributed by atoms with Crippen molar-refractivity contribution in [2.24, 2.45) is 0 Å². The van der Waals surface area contributed by atoms with E-state index in [2.05, 4.69) is 5.32 Å². The van der Waals surface area contributed by atoms with Gasteiger partial charge in [-0.1, -0.05) is 61.9 Å². The fourth-order valence-corrected chi connectivity index (χ4v) is 6.80. The van der Waals surface area contributed by atoms with E-state index in [4.69, 9.17) is 14.0 Å². The standard InChI is InChI=1S/C32H43N2O10P/c1-3-4-20-28(43-30(36)26-17-9-6-10-18-26)45(40,41)44-27(29(35)34(32(38)39)22-13-14-24(34)2)19-11-12-21-33-31(37)42-23-25-15-7-5-8-16-25/h5-10,15-18,24,27-28H,3-4,11-14,19-23H2,1-2H3,(H2-,33,37,38,39,40,41)/p+1/t24-,27?,28+,34?/m1/s1. The van der Waals surface area contributed by atoms with E-state index in [0.29, 0.717) is 32.1 Å². The van der Waals surface area contributed by atoms with Gasteiger partial charge < -0.3 is 24.8 Å². The molecule has 12 nitrogen and oxygen atoms in total. The lowest BCUT2D eigenvalue weighted by atomic mass is 10.1. The highest BCUT2D eigenvalue weighted by molar-refractivity contribution is 7.53. The number of nitrogens with zero attached hydrogens (tertiary/aromatic N) is 1. The molecule has 0 saturated carbocycles. The Morgan fingerprint density at radius 3 is 2.27 bits per heavy atom. The number of amides is 3. The molecule has 1 heterocycles. The average molecular weight is 648 g/mol. The zero-order chi connectivity index (χ0) is 32.9. The predicted octanol–water partition coefficient (Wildman–Crippen LogP) is 6.23. The van der Waals surface area contributed by atoms with Crippen molar-refractivity contribution >= 4 is 31.7 Å². The van der Waals surface area contributed by atoms with Crippen LogP contribution in [0, 0.1) is 0 Å². The van der Waals surface area contributed by atoms with Crippen molar-refractivity contribution in [3.63, 3.8) is 0 Å². The molecule has 2 aromatic rings. The molecule has 2 aromatic carbocycles. The Morgan fingerprint density at radius 2 is 1.67 bits per heavy atom. The fourth-order valence-electron chi connectivity index (χ4n) is 5.36. The van der Waals surface area contributed by atoms with Gasteiger partial charge in [0.05, 0.1) is 12.1 Å². The van der Waals surface area contributed by atoms with Crippen LogP contribution < -0.4 is 5.32 Å². The van der Waals surface area contributed by atoms with Crippen LogP contribution in [-0.4, -0.2) is 69.6 Å². The Kier molecular flexibility index (Phi) is 13.7. The van der Waals surface area contributed by atoms with Gasteiger partial charge in [-0.15, -0.1) is 0 Å². The van der Waals surface area contributed by atoms with Gasteiger partial charge in [0.25, 0.3) is 0 Å². The maximum absolute atomic E-state index is 13.9. The molecule has 1 aliphatic heterocycles. The van der Waals surface area contributed by atoms with Crippen molar-refractivity contribution in [2.75, 3.05) is 13.1 Å². The largest absolute Gasteiger partial charge is 0.521 e. The Bertz CT molecular complexity index is 1330. The first-order chi connectivity index (χ1) is 21.5. The SMILES string of the molecule is CCCC[C@@H](OC(=O)c1ccccc1)P(=O)(O)OC(CCCCNC(=O)OCc1ccccc1)C(=O)[N+]1(C(=O)O)CCC[C@H]1C. The number of rotatable bonds is 16. The van der Waals surface area contributed by atoms with Crippen LogP contribution in [0.25, 0.3) is 0 Å². The molecule has 0 radical (unpaired) electrons. The highest BCUT2D eigenvalue weighted by Crippen LogP contribution is 2.52. The Balaban J connectivity index is 1.71. The van der Waals surface area contributed by atoms with E-state index in [-0.39, 0.29) is 44.5 Å². The fraction of sp³-hybridized carbons (Fsp3) is 0.500. The zero-order valence-corrected chi connectivity index (χ0v) is 26.7. The number of carbonyl (C=O) groups is 4. The molecule has 3 rings (SSSR count). The molecule has 246 valence electrons. The number of unbranched alkanes of at least 4 members (excludes halogenated alkanes) is 2. The first-order valence-corrected chi connectivity index (χ1v) is 17.0. The smallest absolute Gasteiger partial charge is 0.446 e. The first kappa shape index (κ1) is 35.9. The summed E-state index contributed by atoms with van der Waals surface area (Å²) >= 11 is 0. The number of quaternary nitrogens is 1. The van der Waals surface area contributed by atoms with E-state index in [1.54, 1.807) is 25.1 Å². The lowest BCUT2D eigenvalue weighted by Crippen LogP contribution is -2.62. The number of hydrogen-bond donors (Lipinski definition) is 3. The normalized spacial score (nSPS) is 20.4. The van der Waals surface area contributed by atoms with Gasteiger partial charge in [-0.05, 0) is 56.7 Å². The quantitative estimate of drug-likeness (QED) is 0.0823. The molecule has 5 atom stereocenters. The number of imide groups is 1. The van der Waals surface area contributed by atoms with Crippen LogP contribution in [-0.2, 0) is 30.0 Å². The summed E-state index contributed by atoms with van der Waals surface area (Å²) in [5, 5.41) is 12.8. The number of ether oxygens (including phenoxy) is 2. The molecule has 1 aliphatic rings. The van der Waals surface area contributed by atoms with Crippen molar-refractivity contribution in [2.45, 2.75) is 89.8 Å². The lowest BCUT2D eigenvalue weighted by molar-refractivity contribution is -0.794. The topological polar surface area (TPSA) is 166 Å². The minimum atomic E-state index is -4.80. The van der Waals surface area contributed by atoms with Crippen LogP contribution in [0.4, 0.5) is 9.59 Å². The van der Waals surface area contributed by atoms with Crippen molar-refractivity contribution in [1.29, 1.82) is 0 Å². The van der Waals surface area contributed by atoms with Crippen molar-refractivity contribution < 1.29 is 52.2 Å².